The van der Waals surface area contributed by atoms with Crippen molar-refractivity contribution in [3.05, 3.63) is 11.2 Å². The summed E-state index contributed by atoms with van der Waals surface area (Å²) >= 11 is 6.25. The summed E-state index contributed by atoms with van der Waals surface area (Å²) in [5.74, 6) is -0.511. The van der Waals surface area contributed by atoms with Gasteiger partial charge in [-0.1, -0.05) is 16.7 Å². The topological polar surface area (TPSA) is 503 Å². The van der Waals surface area contributed by atoms with Crippen LogP contribution >= 0.6 is 11.6 Å². The van der Waals surface area contributed by atoms with Crippen LogP contribution in [-0.4, -0.2) is 326 Å². The molecule has 0 unspecified atom stereocenters. The third-order valence-electron chi connectivity index (χ3n) is 13.5. The Hall–Kier alpha value is -2.06. The van der Waals surface area contributed by atoms with Crippen molar-refractivity contribution in [2.45, 2.75) is 184 Å². The molecule has 12 bridgehead atoms. The van der Waals surface area contributed by atoms with E-state index in [4.69, 9.17) is 73.2 Å². The molecule has 0 spiro atoms. The van der Waals surface area contributed by atoms with Crippen molar-refractivity contribution >= 4 is 11.6 Å². The van der Waals surface area contributed by atoms with E-state index < -0.39 is 230 Å². The first-order chi connectivity index (χ1) is 34.9. The highest BCUT2D eigenvalue weighted by Crippen LogP contribution is 2.39. The lowest BCUT2D eigenvalue weighted by Gasteiger charge is -2.51. The van der Waals surface area contributed by atoms with Crippen LogP contribution < -0.4 is 4.74 Å². The molecule has 1 aromatic rings. The molecule has 22 aliphatic heterocycles. The first-order valence-corrected chi connectivity index (χ1v) is 23.3. The van der Waals surface area contributed by atoms with Crippen LogP contribution in [0.1, 0.15) is 0 Å². The van der Waals surface area contributed by atoms with Gasteiger partial charge in [-0.15, -0.1) is 5.10 Å². The van der Waals surface area contributed by atoms with Crippen molar-refractivity contribution in [1.82, 2.24) is 15.4 Å². The zero-order chi connectivity index (χ0) is 52.7. The van der Waals surface area contributed by atoms with E-state index in [1.807, 2.05) is 0 Å². The molecule has 33 nitrogen and oxygen atoms in total. The van der Waals surface area contributed by atoms with E-state index in [2.05, 4.69) is 15.4 Å². The lowest BCUT2D eigenvalue weighted by molar-refractivity contribution is -0.403. The van der Waals surface area contributed by atoms with Gasteiger partial charge in [-0.2, -0.15) is 0 Å². The van der Waals surface area contributed by atoms with E-state index in [1.54, 1.807) is 0 Å². The number of rotatable bonds is 8. The number of aliphatic hydroxyl groups is 17. The summed E-state index contributed by atoms with van der Waals surface area (Å²) in [7, 11) is 0. The van der Waals surface area contributed by atoms with Crippen LogP contribution in [0.25, 0.3) is 0 Å². The minimum Gasteiger partial charge on any atom is -0.466 e. The third-order valence-corrected chi connectivity index (χ3v) is 13.7. The Morgan fingerprint density at radius 3 is 0.863 bits per heavy atom. The molecule has 418 valence electrons. The third kappa shape index (κ3) is 11.3. The molecule has 0 aliphatic carbocycles. The molecule has 0 amide bonds. The number of halogens is 1. The molecule has 22 fully saturated rings. The van der Waals surface area contributed by atoms with E-state index >= 15 is 0 Å². The number of aliphatic hydroxyl groups excluding tert-OH is 17. The van der Waals surface area contributed by atoms with E-state index in [0.29, 0.717) is 0 Å². The first-order valence-electron chi connectivity index (χ1n) is 22.9. The van der Waals surface area contributed by atoms with Crippen LogP contribution in [-0.2, 0) is 56.8 Å². The molecule has 0 saturated carbocycles. The van der Waals surface area contributed by atoms with Gasteiger partial charge < -0.3 is 148 Å². The van der Waals surface area contributed by atoms with Crippen molar-refractivity contribution in [1.29, 1.82) is 0 Å². The van der Waals surface area contributed by atoms with Gasteiger partial charge in [-0.3, -0.25) is 0 Å². The zero-order valence-corrected chi connectivity index (χ0v) is 38.5. The predicted molar refractivity (Wildman–Crippen MR) is 219 cm³/mol. The maximum atomic E-state index is 11.9. The van der Waals surface area contributed by atoms with Crippen LogP contribution in [0.5, 0.6) is 5.88 Å². The summed E-state index contributed by atoms with van der Waals surface area (Å²) in [6, 6.07) is 0. The molecule has 22 aliphatic rings. The van der Waals surface area contributed by atoms with Gasteiger partial charge in [0.05, 0.1) is 45.8 Å². The molecule has 73 heavy (non-hydrogen) atoms. The second-order valence-corrected chi connectivity index (χ2v) is 18.4. The highest BCUT2D eigenvalue weighted by Gasteiger charge is 2.59. The van der Waals surface area contributed by atoms with Crippen LogP contribution in [0, 0.1) is 0 Å². The van der Waals surface area contributed by atoms with Gasteiger partial charge in [-0.05, 0) is 5.21 Å². The summed E-state index contributed by atoms with van der Waals surface area (Å²) in [5, 5.41) is 198. The average molecular weight is 1090 g/mol. The summed E-state index contributed by atoms with van der Waals surface area (Å²) in [6.45, 7) is -6.12. The predicted octanol–water partition coefficient (Wildman–Crippen LogP) is -12.1. The summed E-state index contributed by atoms with van der Waals surface area (Å²) < 4.78 is 75.2. The number of hydrogen-bond donors (Lipinski definition) is 17. The molecule has 17 N–H and O–H groups in total. The van der Waals surface area contributed by atoms with E-state index in [0.717, 1.165) is 6.20 Å². The summed E-state index contributed by atoms with van der Waals surface area (Å²) in [6.07, 6.45) is -58.1. The van der Waals surface area contributed by atoms with Gasteiger partial charge in [-0.25, -0.2) is 0 Å². The fourth-order valence-corrected chi connectivity index (χ4v) is 9.63. The monoisotopic (exact) mass is 1090 g/mol. The van der Waals surface area contributed by atoms with Crippen LogP contribution in [0.3, 0.4) is 0 Å². The van der Waals surface area contributed by atoms with Crippen molar-refractivity contribution < 1.29 is 148 Å². The molecule has 23 rings (SSSR count). The molecule has 34 heteroatoms. The highest BCUT2D eigenvalue weighted by molar-refractivity contribution is 6.31. The molecule has 1 aromatic heterocycles. The molecular formula is C39H60ClN3O30. The SMILES string of the molecule is OC[C@H]1O[C@@H]2O[C@H]3[C@H](O)[C@@H](O)[C@@H](O[C@H]4[C@H](O)[C@@H](O)[C@@H](O[C@H]5[C@H](O)[C@@H](O)[C@@H](O[C@H]6[C@H](O)[C@@H](O)[C@@H](O[C@H]7[C@H](O)[C@@H](O)[C@@H](O[C@@H]1[C@H](Oc1nnncc1Cl)[C@H]2O)O[C@@H]7CO)O[C@@H]6CO)O[C@@H]5CO)O[C@@H]4CO)O[C@@H]3CO. The number of aromatic nitrogens is 3. The second-order valence-electron chi connectivity index (χ2n) is 18.0. The van der Waals surface area contributed by atoms with Gasteiger partial charge in [0.25, 0.3) is 5.88 Å². The van der Waals surface area contributed by atoms with E-state index in [9.17, 15) is 86.8 Å². The van der Waals surface area contributed by atoms with Crippen LogP contribution in [0.15, 0.2) is 6.20 Å². The van der Waals surface area contributed by atoms with Gasteiger partial charge in [0.15, 0.2) is 43.8 Å². The first kappa shape index (κ1) is 57.1. The van der Waals surface area contributed by atoms with Crippen molar-refractivity contribution in [3.8, 4) is 5.88 Å². The molecule has 0 aromatic carbocycles. The molecule has 23 heterocycles. The Bertz CT molecular complexity index is 1900. The number of nitrogens with zero attached hydrogens (tertiary/aromatic N) is 3. The van der Waals surface area contributed by atoms with Crippen LogP contribution in [0.2, 0.25) is 5.02 Å². The highest BCUT2D eigenvalue weighted by atomic mass is 35.5. The summed E-state index contributed by atoms with van der Waals surface area (Å²) in [4.78, 5) is 0. The minimum atomic E-state index is -2.20. The Morgan fingerprint density at radius 1 is 0.356 bits per heavy atom. The zero-order valence-electron chi connectivity index (χ0n) is 37.8. The normalized spacial score (nSPS) is 51.1. The lowest BCUT2D eigenvalue weighted by atomic mass is 9.94. The lowest BCUT2D eigenvalue weighted by Crippen LogP contribution is -2.69. The van der Waals surface area contributed by atoms with Crippen molar-refractivity contribution in [2.75, 3.05) is 39.6 Å². The number of hydrogen-bond acceptors (Lipinski definition) is 33. The van der Waals surface area contributed by atoms with Gasteiger partial charge >= 0.3 is 0 Å². The number of ether oxygens (including phenoxy) is 13. The Morgan fingerprint density at radius 2 is 0.603 bits per heavy atom. The fraction of sp³-hybridized carbons (Fsp3) is 0.923. The fourth-order valence-electron chi connectivity index (χ4n) is 9.50. The van der Waals surface area contributed by atoms with E-state index in [1.165, 1.54) is 0 Å². The molecular weight excluding hydrogens is 1030 g/mol. The molecule has 0 radical (unpaired) electrons. The van der Waals surface area contributed by atoms with E-state index in [-0.39, 0.29) is 5.02 Å². The Kier molecular flexibility index (Phi) is 19.0. The van der Waals surface area contributed by atoms with Gasteiger partial charge in [0, 0.05) is 0 Å². The minimum absolute atomic E-state index is 0.290. The van der Waals surface area contributed by atoms with Crippen molar-refractivity contribution in [3.63, 3.8) is 0 Å². The largest absolute Gasteiger partial charge is 0.466 e. The average Bonchev–Trinajstić information content (AvgIpc) is 3.38. The summed E-state index contributed by atoms with van der Waals surface area (Å²) in [5.41, 5.74) is 0. The standard InChI is InChI=1S/C39H60ClN3O30/c40-8-1-41-43-42-33(8)67-32-25(60)39-66-14(7-49)31(32)73-38-24(59)19(54)29(12(5-47)65-38)71-36-22(57)17(52)27(10(3-45)63-36)69-34-20(55)15(50)26(9(2-44)61-34)68-35-21(56)16(51)28(11(4-46)62-35)70-37-23(58)18(53)30(72-39)13(6-48)64-37/h1,9-32,34-39,44-60H,2-7H2/t9-,10-,11-,12-,13-,14-,15-,16-,17-,18-,19-,20-,21-,22-,23-,24-,25-,26-,27-,28-,29-,30-,31+,32-,34-,35-,36-,37-,38-,39-/m1/s1. The smallest absolute Gasteiger partial charge is 0.256 e. The Balaban J connectivity index is 1.13. The molecule has 22 saturated heterocycles. The second kappa shape index (κ2) is 24.3. The maximum Gasteiger partial charge on any atom is 0.256 e. The van der Waals surface area contributed by atoms with Gasteiger partial charge in [0.2, 0.25) is 0 Å². The van der Waals surface area contributed by atoms with Gasteiger partial charge in [0.1, 0.15) is 145 Å². The molecule has 30 atom stereocenters. The Labute approximate surface area is 415 Å². The van der Waals surface area contributed by atoms with Crippen LogP contribution in [0.4, 0.5) is 0 Å². The quantitative estimate of drug-likeness (QED) is 0.115. The van der Waals surface area contributed by atoms with Crippen molar-refractivity contribution in [2.24, 2.45) is 0 Å². The maximum absolute atomic E-state index is 11.9.